The second kappa shape index (κ2) is 8.60. The average Bonchev–Trinajstić information content (AvgIpc) is 2.91. The van der Waals surface area contributed by atoms with Gasteiger partial charge in [-0.1, -0.05) is 19.8 Å². The number of likely N-dealkylation sites (tertiary alicyclic amines) is 1. The molecule has 0 radical (unpaired) electrons. The van der Waals surface area contributed by atoms with E-state index in [1.54, 1.807) is 0 Å². The largest absolute Gasteiger partial charge is 0.357 e. The second-order valence-corrected chi connectivity index (χ2v) is 8.87. The first-order valence-electron chi connectivity index (χ1n) is 11.2. The van der Waals surface area contributed by atoms with Gasteiger partial charge in [-0.15, -0.1) is 0 Å². The number of anilines is 1. The summed E-state index contributed by atoms with van der Waals surface area (Å²) in [6.07, 6.45) is 9.12. The Kier molecular flexibility index (Phi) is 5.93. The van der Waals surface area contributed by atoms with Gasteiger partial charge in [0.2, 0.25) is 0 Å². The van der Waals surface area contributed by atoms with Crippen LogP contribution in [0.4, 0.5) is 5.82 Å². The Morgan fingerprint density at radius 1 is 1.00 bits per heavy atom. The van der Waals surface area contributed by atoms with E-state index >= 15 is 0 Å². The van der Waals surface area contributed by atoms with Crippen molar-refractivity contribution >= 4 is 11.7 Å². The molecule has 0 saturated carbocycles. The fourth-order valence-corrected chi connectivity index (χ4v) is 4.76. The van der Waals surface area contributed by atoms with E-state index in [0.717, 1.165) is 73.4 Å². The van der Waals surface area contributed by atoms with E-state index < -0.39 is 0 Å². The normalized spacial score (nSPS) is 18.7. The molecule has 1 amide bonds. The Hall–Kier alpha value is -2.30. The van der Waals surface area contributed by atoms with E-state index in [1.807, 2.05) is 17.2 Å². The number of hydrogen-bond donors (Lipinski definition) is 0. The van der Waals surface area contributed by atoms with Crippen LogP contribution in [-0.4, -0.2) is 46.5 Å². The lowest BCUT2D eigenvalue weighted by molar-refractivity contribution is 0.0761. The topological polar surface area (TPSA) is 41.4 Å². The highest BCUT2D eigenvalue weighted by Crippen LogP contribution is 2.25. The van der Waals surface area contributed by atoms with Crippen LogP contribution in [0.15, 0.2) is 24.4 Å². The minimum Gasteiger partial charge on any atom is -0.357 e. The summed E-state index contributed by atoms with van der Waals surface area (Å²) in [6.45, 7) is 10.4. The third-order valence-corrected chi connectivity index (χ3v) is 6.65. The van der Waals surface area contributed by atoms with Gasteiger partial charge in [-0.2, -0.15) is 0 Å². The standard InChI is InChI=1S/C24H34N4O/c1-18-10-14-26(15-11-18)23-9-8-21(17-25-23)28-19(2)16-22(20(28)3)24(29)27-12-6-4-5-7-13-27/h8-9,16-18H,4-7,10-15H2,1-3H3. The molecule has 0 unspecified atom stereocenters. The van der Waals surface area contributed by atoms with Crippen molar-refractivity contribution in [1.82, 2.24) is 14.5 Å². The van der Waals surface area contributed by atoms with E-state index in [4.69, 9.17) is 4.98 Å². The summed E-state index contributed by atoms with van der Waals surface area (Å²) in [7, 11) is 0. The van der Waals surface area contributed by atoms with E-state index in [9.17, 15) is 4.79 Å². The van der Waals surface area contributed by atoms with Crippen molar-refractivity contribution in [1.29, 1.82) is 0 Å². The van der Waals surface area contributed by atoms with Gasteiger partial charge in [0.1, 0.15) is 5.82 Å². The van der Waals surface area contributed by atoms with Gasteiger partial charge in [0.25, 0.3) is 5.91 Å². The minimum atomic E-state index is 0.179. The Labute approximate surface area is 174 Å². The number of aromatic nitrogens is 2. The Morgan fingerprint density at radius 3 is 2.31 bits per heavy atom. The number of piperidine rings is 1. The van der Waals surface area contributed by atoms with Crippen LogP contribution in [0.3, 0.4) is 0 Å². The molecule has 0 aromatic carbocycles. The molecule has 5 heteroatoms. The monoisotopic (exact) mass is 394 g/mol. The third kappa shape index (κ3) is 4.19. The van der Waals surface area contributed by atoms with Crippen LogP contribution in [0, 0.1) is 19.8 Å². The third-order valence-electron chi connectivity index (χ3n) is 6.65. The number of carbonyl (C=O) groups excluding carboxylic acids is 1. The van der Waals surface area contributed by atoms with Crippen molar-refractivity contribution in [2.45, 2.75) is 59.3 Å². The van der Waals surface area contributed by atoms with E-state index in [1.165, 1.54) is 25.7 Å². The average molecular weight is 395 g/mol. The summed E-state index contributed by atoms with van der Waals surface area (Å²) >= 11 is 0. The molecule has 4 rings (SSSR count). The summed E-state index contributed by atoms with van der Waals surface area (Å²) < 4.78 is 2.17. The number of rotatable bonds is 3. The summed E-state index contributed by atoms with van der Waals surface area (Å²) in [4.78, 5) is 22.3. The molecular weight excluding hydrogens is 360 g/mol. The first-order valence-corrected chi connectivity index (χ1v) is 11.2. The fraction of sp³-hybridized carbons (Fsp3) is 0.583. The predicted molar refractivity (Wildman–Crippen MR) is 118 cm³/mol. The van der Waals surface area contributed by atoms with Crippen LogP contribution < -0.4 is 4.90 Å². The molecular formula is C24H34N4O. The molecule has 2 aliphatic heterocycles. The molecule has 0 spiro atoms. The number of aryl methyl sites for hydroxylation is 1. The molecule has 2 fully saturated rings. The van der Waals surface area contributed by atoms with Gasteiger partial charge >= 0.3 is 0 Å². The number of hydrogen-bond acceptors (Lipinski definition) is 3. The fourth-order valence-electron chi connectivity index (χ4n) is 4.76. The van der Waals surface area contributed by atoms with Gasteiger partial charge < -0.3 is 14.4 Å². The molecule has 2 aliphatic rings. The molecule has 0 atom stereocenters. The lowest BCUT2D eigenvalue weighted by atomic mass is 9.99. The molecule has 29 heavy (non-hydrogen) atoms. The Bertz CT molecular complexity index is 839. The SMILES string of the molecule is Cc1cc(C(=O)N2CCCCCC2)c(C)n1-c1ccc(N2CCC(C)CC2)nc1. The number of carbonyl (C=O) groups is 1. The molecule has 2 saturated heterocycles. The second-order valence-electron chi connectivity index (χ2n) is 8.87. The first-order chi connectivity index (χ1) is 14.0. The number of nitrogens with zero attached hydrogens (tertiary/aromatic N) is 4. The number of pyridine rings is 1. The lowest BCUT2D eigenvalue weighted by Crippen LogP contribution is -2.33. The van der Waals surface area contributed by atoms with Crippen molar-refractivity contribution in [2.24, 2.45) is 5.92 Å². The molecule has 2 aromatic heterocycles. The van der Waals surface area contributed by atoms with Gasteiger partial charge in [-0.3, -0.25) is 4.79 Å². The maximum Gasteiger partial charge on any atom is 0.255 e. The van der Waals surface area contributed by atoms with Crippen molar-refractivity contribution < 1.29 is 4.79 Å². The lowest BCUT2D eigenvalue weighted by Gasteiger charge is -2.31. The van der Waals surface area contributed by atoms with Crippen molar-refractivity contribution in [3.05, 3.63) is 41.3 Å². The van der Waals surface area contributed by atoms with Crippen molar-refractivity contribution in [2.75, 3.05) is 31.1 Å². The van der Waals surface area contributed by atoms with Gasteiger partial charge in [-0.05, 0) is 63.6 Å². The predicted octanol–water partition coefficient (Wildman–Crippen LogP) is 4.74. The van der Waals surface area contributed by atoms with Gasteiger partial charge in [-0.25, -0.2) is 4.98 Å². The van der Waals surface area contributed by atoms with Crippen LogP contribution in [-0.2, 0) is 0 Å². The van der Waals surface area contributed by atoms with Gasteiger partial charge in [0, 0.05) is 37.6 Å². The highest BCUT2D eigenvalue weighted by Gasteiger charge is 2.23. The van der Waals surface area contributed by atoms with Crippen LogP contribution in [0.25, 0.3) is 5.69 Å². The van der Waals surface area contributed by atoms with Gasteiger partial charge in [0.05, 0.1) is 17.4 Å². The molecule has 0 aliphatic carbocycles. The summed E-state index contributed by atoms with van der Waals surface area (Å²) in [6, 6.07) is 6.31. The van der Waals surface area contributed by atoms with E-state index in [2.05, 4.69) is 42.4 Å². The Balaban J connectivity index is 1.55. The van der Waals surface area contributed by atoms with Crippen molar-refractivity contribution in [3.63, 3.8) is 0 Å². The van der Waals surface area contributed by atoms with Crippen LogP contribution in [0.2, 0.25) is 0 Å². The summed E-state index contributed by atoms with van der Waals surface area (Å²) in [5, 5.41) is 0. The minimum absolute atomic E-state index is 0.179. The van der Waals surface area contributed by atoms with Crippen LogP contribution in [0.1, 0.15) is 67.2 Å². The van der Waals surface area contributed by atoms with E-state index in [0.29, 0.717) is 0 Å². The molecule has 4 heterocycles. The van der Waals surface area contributed by atoms with Crippen molar-refractivity contribution in [3.8, 4) is 5.69 Å². The molecule has 5 nitrogen and oxygen atoms in total. The number of amides is 1. The molecule has 156 valence electrons. The maximum atomic E-state index is 13.1. The van der Waals surface area contributed by atoms with Crippen LogP contribution in [0.5, 0.6) is 0 Å². The summed E-state index contributed by atoms with van der Waals surface area (Å²) in [5.74, 6) is 2.05. The zero-order valence-electron chi connectivity index (χ0n) is 18.2. The van der Waals surface area contributed by atoms with Gasteiger partial charge in [0.15, 0.2) is 0 Å². The van der Waals surface area contributed by atoms with Crippen LogP contribution >= 0.6 is 0 Å². The smallest absolute Gasteiger partial charge is 0.255 e. The first kappa shape index (κ1) is 20.0. The van der Waals surface area contributed by atoms with E-state index in [-0.39, 0.29) is 5.91 Å². The quantitative estimate of drug-likeness (QED) is 0.755. The summed E-state index contributed by atoms with van der Waals surface area (Å²) in [5.41, 5.74) is 3.96. The zero-order valence-corrected chi connectivity index (χ0v) is 18.2. The highest BCUT2D eigenvalue weighted by atomic mass is 16.2. The maximum absolute atomic E-state index is 13.1. The highest BCUT2D eigenvalue weighted by molar-refractivity contribution is 5.96. The molecule has 0 N–H and O–H groups in total. The Morgan fingerprint density at radius 2 is 1.69 bits per heavy atom. The zero-order chi connectivity index (χ0) is 20.4. The molecule has 0 bridgehead atoms. The molecule has 2 aromatic rings.